The summed E-state index contributed by atoms with van der Waals surface area (Å²) in [7, 11) is 0. The highest BCUT2D eigenvalue weighted by atomic mass is 19.1. The number of halogens is 1. The number of para-hydroxylation sites is 1. The van der Waals surface area contributed by atoms with E-state index in [1.807, 2.05) is 42.5 Å². The van der Waals surface area contributed by atoms with E-state index in [0.717, 1.165) is 5.56 Å². The fraction of sp³-hybridized carbons (Fsp3) is 0.133. The van der Waals surface area contributed by atoms with Crippen LogP contribution in [0.5, 0.6) is 11.5 Å². The highest BCUT2D eigenvalue weighted by Crippen LogP contribution is 2.35. The summed E-state index contributed by atoms with van der Waals surface area (Å²) >= 11 is 0. The zero-order valence-electron chi connectivity index (χ0n) is 22.3. The second kappa shape index (κ2) is 10.5. The predicted molar refractivity (Wildman–Crippen MR) is 155 cm³/mol. The Morgan fingerprint density at radius 2 is 1.83 bits per heavy atom. The number of amides is 1. The summed E-state index contributed by atoms with van der Waals surface area (Å²) in [6.45, 7) is 1.99. The molecule has 0 aliphatic carbocycles. The first-order valence-electron chi connectivity index (χ1n) is 13.3. The molecule has 1 aliphatic rings. The van der Waals surface area contributed by atoms with Crippen molar-refractivity contribution in [2.45, 2.75) is 0 Å². The average Bonchev–Trinajstić information content (AvgIpc) is 3.62. The first-order valence-corrected chi connectivity index (χ1v) is 13.3. The molecule has 1 fully saturated rings. The van der Waals surface area contributed by atoms with Gasteiger partial charge in [0.05, 0.1) is 24.3 Å². The minimum Gasteiger partial charge on any atom is -0.454 e. The largest absolute Gasteiger partial charge is 0.454 e. The summed E-state index contributed by atoms with van der Waals surface area (Å²) in [5, 5.41) is 7.46. The van der Waals surface area contributed by atoms with Crippen molar-refractivity contribution in [3.05, 3.63) is 90.6 Å². The second-order valence-corrected chi connectivity index (χ2v) is 9.74. The molecule has 0 bridgehead atoms. The van der Waals surface area contributed by atoms with Gasteiger partial charge in [0.1, 0.15) is 23.1 Å². The predicted octanol–water partition coefficient (Wildman–Crippen LogP) is 5.00. The van der Waals surface area contributed by atoms with E-state index in [0.29, 0.717) is 65.8 Å². The number of imidazole rings is 1. The molecule has 1 amide bonds. The maximum Gasteiger partial charge on any atom is 0.256 e. The standard InChI is InChI=1S/C30H25FN8O3/c31-25-23(42-20-4-2-1-3-5-20)11-10-22-26(25)37-30(36-22)35-19-8-6-18(7-9-19)24-21(29(40)38-12-14-41-15-13-38)16-39-27(24)28(32)33-17-34-39/h1-11,16-17H,12-15H2,(H2,32,33,34)(H2,35,36,37). The van der Waals surface area contributed by atoms with Gasteiger partial charge in [-0.3, -0.25) is 4.79 Å². The van der Waals surface area contributed by atoms with Crippen molar-refractivity contribution < 1.29 is 18.7 Å². The molecule has 12 heteroatoms. The van der Waals surface area contributed by atoms with Gasteiger partial charge < -0.3 is 30.4 Å². The molecule has 42 heavy (non-hydrogen) atoms. The second-order valence-electron chi connectivity index (χ2n) is 9.74. The third-order valence-corrected chi connectivity index (χ3v) is 7.10. The number of nitrogens with zero attached hydrogens (tertiary/aromatic N) is 5. The number of carbonyl (C=O) groups is 1. The first-order chi connectivity index (χ1) is 20.5. The summed E-state index contributed by atoms with van der Waals surface area (Å²) in [4.78, 5) is 26.9. The van der Waals surface area contributed by atoms with Gasteiger partial charge in [0.25, 0.3) is 5.91 Å². The monoisotopic (exact) mass is 564 g/mol. The molecule has 6 aromatic rings. The number of H-pyrrole nitrogens is 1. The van der Waals surface area contributed by atoms with Crippen molar-refractivity contribution in [2.24, 2.45) is 0 Å². The molecule has 0 radical (unpaired) electrons. The summed E-state index contributed by atoms with van der Waals surface area (Å²) in [5.41, 5.74) is 10.1. The lowest BCUT2D eigenvalue weighted by Gasteiger charge is -2.26. The van der Waals surface area contributed by atoms with Gasteiger partial charge in [-0.1, -0.05) is 30.3 Å². The number of rotatable bonds is 6. The van der Waals surface area contributed by atoms with Crippen LogP contribution in [-0.2, 0) is 4.74 Å². The number of hydrogen-bond donors (Lipinski definition) is 3. The lowest BCUT2D eigenvalue weighted by atomic mass is 10.0. The van der Waals surface area contributed by atoms with E-state index in [1.165, 1.54) is 6.33 Å². The molecular formula is C30H25FN8O3. The smallest absolute Gasteiger partial charge is 0.256 e. The van der Waals surface area contributed by atoms with E-state index >= 15 is 4.39 Å². The Balaban J connectivity index is 1.18. The van der Waals surface area contributed by atoms with Crippen molar-refractivity contribution in [1.29, 1.82) is 0 Å². The number of benzene rings is 3. The third kappa shape index (κ3) is 4.63. The summed E-state index contributed by atoms with van der Waals surface area (Å²) in [5.74, 6) is 0.561. The highest BCUT2D eigenvalue weighted by molar-refractivity contribution is 6.07. The molecule has 11 nitrogen and oxygen atoms in total. The van der Waals surface area contributed by atoms with Gasteiger partial charge in [0, 0.05) is 30.5 Å². The Bertz CT molecular complexity index is 1910. The minimum absolute atomic E-state index is 0.0848. The summed E-state index contributed by atoms with van der Waals surface area (Å²) < 4.78 is 27.9. The Kier molecular flexibility index (Phi) is 6.36. The molecule has 7 rings (SSSR count). The Labute approximate surface area is 238 Å². The van der Waals surface area contributed by atoms with Crippen LogP contribution in [-0.4, -0.2) is 61.7 Å². The first kappa shape index (κ1) is 25.5. The number of nitrogens with two attached hydrogens (primary N) is 1. The van der Waals surface area contributed by atoms with Crippen LogP contribution in [0.4, 0.5) is 21.8 Å². The van der Waals surface area contributed by atoms with Gasteiger partial charge in [-0.15, -0.1) is 0 Å². The average molecular weight is 565 g/mol. The van der Waals surface area contributed by atoms with E-state index < -0.39 is 5.82 Å². The van der Waals surface area contributed by atoms with Crippen molar-refractivity contribution in [3.63, 3.8) is 0 Å². The topological polar surface area (TPSA) is 136 Å². The Morgan fingerprint density at radius 3 is 2.62 bits per heavy atom. The number of hydrogen-bond acceptors (Lipinski definition) is 8. The number of ether oxygens (including phenoxy) is 2. The van der Waals surface area contributed by atoms with Crippen LogP contribution < -0.4 is 15.8 Å². The Hall–Kier alpha value is -5.49. The zero-order valence-corrected chi connectivity index (χ0v) is 22.3. The SMILES string of the molecule is Nc1ncnn2cc(C(=O)N3CCOCC3)c(-c3ccc(Nc4nc5c(F)c(Oc6ccccc6)ccc5[nH]4)cc3)c12. The van der Waals surface area contributed by atoms with E-state index in [-0.39, 0.29) is 23.0 Å². The number of fused-ring (bicyclic) bond motifs is 2. The fourth-order valence-corrected chi connectivity index (χ4v) is 5.06. The van der Waals surface area contributed by atoms with Crippen LogP contribution in [0, 0.1) is 5.82 Å². The number of aromatic nitrogens is 5. The van der Waals surface area contributed by atoms with E-state index in [4.69, 9.17) is 15.2 Å². The van der Waals surface area contributed by atoms with E-state index in [9.17, 15) is 4.79 Å². The van der Waals surface area contributed by atoms with Gasteiger partial charge in [0.15, 0.2) is 17.4 Å². The van der Waals surface area contributed by atoms with Gasteiger partial charge in [-0.05, 0) is 42.0 Å². The molecular weight excluding hydrogens is 539 g/mol. The fourth-order valence-electron chi connectivity index (χ4n) is 5.06. The van der Waals surface area contributed by atoms with Crippen LogP contribution >= 0.6 is 0 Å². The number of aromatic amines is 1. The maximum atomic E-state index is 15.2. The van der Waals surface area contributed by atoms with Crippen molar-refractivity contribution in [3.8, 4) is 22.6 Å². The van der Waals surface area contributed by atoms with Crippen molar-refractivity contribution >= 4 is 39.9 Å². The molecule has 0 unspecified atom stereocenters. The molecule has 0 spiro atoms. The van der Waals surface area contributed by atoms with Crippen LogP contribution in [0.1, 0.15) is 10.4 Å². The summed E-state index contributed by atoms with van der Waals surface area (Å²) in [6.07, 6.45) is 3.04. The van der Waals surface area contributed by atoms with Gasteiger partial charge in [-0.2, -0.15) is 5.10 Å². The molecule has 3 aromatic heterocycles. The maximum absolute atomic E-state index is 15.2. The van der Waals surface area contributed by atoms with Crippen LogP contribution in [0.2, 0.25) is 0 Å². The van der Waals surface area contributed by atoms with Crippen LogP contribution in [0.15, 0.2) is 79.3 Å². The van der Waals surface area contributed by atoms with E-state index in [2.05, 4.69) is 25.4 Å². The van der Waals surface area contributed by atoms with Gasteiger partial charge in [0.2, 0.25) is 5.95 Å². The quantitative estimate of drug-likeness (QED) is 0.257. The van der Waals surface area contributed by atoms with Crippen molar-refractivity contribution in [2.75, 3.05) is 37.4 Å². The normalized spacial score (nSPS) is 13.5. The lowest BCUT2D eigenvalue weighted by molar-refractivity contribution is 0.0303. The van der Waals surface area contributed by atoms with Gasteiger partial charge >= 0.3 is 0 Å². The molecule has 4 N–H and O–H groups in total. The zero-order chi connectivity index (χ0) is 28.6. The molecule has 0 atom stereocenters. The number of nitrogen functional groups attached to an aromatic ring is 1. The molecule has 0 saturated carbocycles. The molecule has 3 aromatic carbocycles. The molecule has 210 valence electrons. The number of morpholine rings is 1. The van der Waals surface area contributed by atoms with Crippen molar-refractivity contribution in [1.82, 2.24) is 29.5 Å². The van der Waals surface area contributed by atoms with Gasteiger partial charge in [-0.25, -0.2) is 18.9 Å². The molecule has 1 saturated heterocycles. The number of carbonyl (C=O) groups excluding carboxylic acids is 1. The third-order valence-electron chi connectivity index (χ3n) is 7.10. The molecule has 1 aliphatic heterocycles. The minimum atomic E-state index is -0.561. The van der Waals surface area contributed by atoms with Crippen LogP contribution in [0.25, 0.3) is 27.7 Å². The molecule has 4 heterocycles. The summed E-state index contributed by atoms with van der Waals surface area (Å²) in [6, 6.07) is 19.7. The highest BCUT2D eigenvalue weighted by Gasteiger charge is 2.26. The Morgan fingerprint density at radius 1 is 1.05 bits per heavy atom. The lowest BCUT2D eigenvalue weighted by Crippen LogP contribution is -2.40. The number of nitrogens with one attached hydrogen (secondary N) is 2. The van der Waals surface area contributed by atoms with E-state index in [1.54, 1.807) is 39.9 Å². The number of anilines is 3. The van der Waals surface area contributed by atoms with Crippen LogP contribution in [0.3, 0.4) is 0 Å².